The number of hydrogen-bond acceptors (Lipinski definition) is 5. The third kappa shape index (κ3) is 5.50. The van der Waals surface area contributed by atoms with E-state index in [2.05, 4.69) is 14.9 Å². The van der Waals surface area contributed by atoms with E-state index in [0.717, 1.165) is 16.8 Å². The van der Waals surface area contributed by atoms with Gasteiger partial charge < -0.3 is 0 Å². The van der Waals surface area contributed by atoms with Gasteiger partial charge in [-0.05, 0) is 61.4 Å². The second-order valence-electron chi connectivity index (χ2n) is 7.68. The van der Waals surface area contributed by atoms with Crippen molar-refractivity contribution in [1.29, 1.82) is 0 Å². The summed E-state index contributed by atoms with van der Waals surface area (Å²) in [4.78, 5) is 0.165. The fourth-order valence-corrected chi connectivity index (χ4v) is 5.68. The van der Waals surface area contributed by atoms with Crippen LogP contribution in [0.5, 0.6) is 0 Å². The molecule has 1 atom stereocenters. The Morgan fingerprint density at radius 3 is 2.47 bits per heavy atom. The van der Waals surface area contributed by atoms with E-state index in [1.165, 1.54) is 36.0 Å². The zero-order valence-corrected chi connectivity index (χ0v) is 20.8. The minimum atomic E-state index is -3.77. The molecule has 4 aromatic rings. The number of aromatic nitrogens is 3. The molecule has 1 N–H and O–H groups in total. The molecule has 0 spiro atoms. The van der Waals surface area contributed by atoms with Gasteiger partial charge in [-0.3, -0.25) is 4.57 Å². The topological polar surface area (TPSA) is 76.9 Å². The van der Waals surface area contributed by atoms with Crippen molar-refractivity contribution in [3.63, 3.8) is 0 Å². The van der Waals surface area contributed by atoms with Crippen LogP contribution in [0.25, 0.3) is 5.69 Å². The Hall–Kier alpha value is -2.72. The molecule has 176 valence electrons. The van der Waals surface area contributed by atoms with Crippen LogP contribution < -0.4 is 4.72 Å². The number of benzene rings is 3. The fourth-order valence-electron chi connectivity index (χ4n) is 3.39. The van der Waals surface area contributed by atoms with E-state index < -0.39 is 16.1 Å². The van der Waals surface area contributed by atoms with E-state index in [9.17, 15) is 12.8 Å². The van der Waals surface area contributed by atoms with Crippen molar-refractivity contribution in [2.75, 3.05) is 0 Å². The maximum Gasteiger partial charge on any atom is 0.241 e. The Kier molecular flexibility index (Phi) is 7.37. The lowest BCUT2D eigenvalue weighted by molar-refractivity contribution is 0.556. The summed E-state index contributed by atoms with van der Waals surface area (Å²) < 4.78 is 43.6. The van der Waals surface area contributed by atoms with Crippen LogP contribution in [0.3, 0.4) is 0 Å². The Labute approximate surface area is 207 Å². The molecule has 0 fully saturated rings. The van der Waals surface area contributed by atoms with Gasteiger partial charge in [-0.2, -0.15) is 0 Å². The molecule has 0 aliphatic heterocycles. The highest BCUT2D eigenvalue weighted by molar-refractivity contribution is 7.98. The molecule has 4 rings (SSSR count). The normalized spacial score (nSPS) is 12.6. The van der Waals surface area contributed by atoms with Crippen LogP contribution in [0.4, 0.5) is 4.39 Å². The molecule has 34 heavy (non-hydrogen) atoms. The second kappa shape index (κ2) is 10.3. The highest BCUT2D eigenvalue weighted by Crippen LogP contribution is 2.31. The largest absolute Gasteiger partial charge is 0.272 e. The van der Waals surface area contributed by atoms with Crippen molar-refractivity contribution in [2.24, 2.45) is 0 Å². The average molecular weight is 517 g/mol. The van der Waals surface area contributed by atoms with Gasteiger partial charge in [0.15, 0.2) is 11.0 Å². The highest BCUT2D eigenvalue weighted by Gasteiger charge is 2.25. The van der Waals surface area contributed by atoms with Crippen molar-refractivity contribution in [3.8, 4) is 5.69 Å². The predicted octanol–water partition coefficient (Wildman–Crippen LogP) is 5.70. The molecule has 1 unspecified atom stereocenters. The molecular weight excluding hydrogens is 495 g/mol. The van der Waals surface area contributed by atoms with Crippen LogP contribution in [-0.4, -0.2) is 23.2 Å². The van der Waals surface area contributed by atoms with Crippen molar-refractivity contribution < 1.29 is 12.8 Å². The van der Waals surface area contributed by atoms with Crippen LogP contribution in [0.15, 0.2) is 82.8 Å². The molecular formula is C24H22ClFN4O2S2. The summed E-state index contributed by atoms with van der Waals surface area (Å²) in [6, 6.07) is 19.2. The predicted molar refractivity (Wildman–Crippen MR) is 132 cm³/mol. The number of sulfonamides is 1. The molecule has 10 heteroatoms. The van der Waals surface area contributed by atoms with E-state index in [1.54, 1.807) is 49.4 Å². The first-order valence-electron chi connectivity index (χ1n) is 10.4. The van der Waals surface area contributed by atoms with Gasteiger partial charge in [-0.25, -0.2) is 17.5 Å². The summed E-state index contributed by atoms with van der Waals surface area (Å²) in [7, 11) is -3.77. The Balaban J connectivity index is 1.70. The first kappa shape index (κ1) is 24.4. The molecule has 0 saturated heterocycles. The third-order valence-electron chi connectivity index (χ3n) is 5.12. The first-order chi connectivity index (χ1) is 16.2. The van der Waals surface area contributed by atoms with Crippen molar-refractivity contribution >= 4 is 33.4 Å². The fraction of sp³-hybridized carbons (Fsp3) is 0.167. The molecule has 1 aromatic heterocycles. The van der Waals surface area contributed by atoms with Crippen molar-refractivity contribution in [3.05, 3.63) is 101 Å². The minimum Gasteiger partial charge on any atom is -0.272 e. The van der Waals surface area contributed by atoms with Crippen LogP contribution in [0.1, 0.15) is 29.9 Å². The monoisotopic (exact) mass is 516 g/mol. The van der Waals surface area contributed by atoms with Crippen LogP contribution >= 0.6 is 23.4 Å². The zero-order chi connectivity index (χ0) is 24.3. The summed E-state index contributed by atoms with van der Waals surface area (Å²) in [5.41, 5.74) is 2.59. The van der Waals surface area contributed by atoms with E-state index in [-0.39, 0.29) is 10.7 Å². The molecule has 1 heterocycles. The van der Waals surface area contributed by atoms with Crippen molar-refractivity contribution in [1.82, 2.24) is 19.5 Å². The summed E-state index contributed by atoms with van der Waals surface area (Å²) in [5, 5.41) is 9.77. The van der Waals surface area contributed by atoms with Gasteiger partial charge in [0.05, 0.1) is 16.6 Å². The summed E-state index contributed by atoms with van der Waals surface area (Å²) in [5.74, 6) is 0.655. The Morgan fingerprint density at radius 2 is 1.76 bits per heavy atom. The molecule has 6 nitrogen and oxygen atoms in total. The van der Waals surface area contributed by atoms with Gasteiger partial charge in [0.25, 0.3) is 0 Å². The Bertz CT molecular complexity index is 1390. The molecule has 0 saturated carbocycles. The van der Waals surface area contributed by atoms with Gasteiger partial charge in [0.1, 0.15) is 5.82 Å². The van der Waals surface area contributed by atoms with E-state index in [1.807, 2.05) is 17.6 Å². The standard InChI is InChI=1S/C24H22ClFN4O2S2/c1-16-8-11-19(25)14-22(16)30-23(17(2)29-34(31,32)21-6-4-3-5-7-21)27-28-24(30)33-15-18-9-12-20(26)13-10-18/h3-14,17,29H,15H2,1-2H3. The van der Waals surface area contributed by atoms with E-state index in [0.29, 0.717) is 21.8 Å². The number of nitrogens with one attached hydrogen (secondary N) is 1. The van der Waals surface area contributed by atoms with Gasteiger partial charge in [0, 0.05) is 10.8 Å². The van der Waals surface area contributed by atoms with Crippen LogP contribution in [0.2, 0.25) is 5.02 Å². The van der Waals surface area contributed by atoms with E-state index >= 15 is 0 Å². The van der Waals surface area contributed by atoms with Gasteiger partial charge in [-0.15, -0.1) is 10.2 Å². The number of rotatable bonds is 8. The van der Waals surface area contributed by atoms with Gasteiger partial charge >= 0.3 is 0 Å². The highest BCUT2D eigenvalue weighted by atomic mass is 35.5. The lowest BCUT2D eigenvalue weighted by Gasteiger charge is -2.18. The molecule has 0 amide bonds. The number of thioether (sulfide) groups is 1. The lowest BCUT2D eigenvalue weighted by Crippen LogP contribution is -2.29. The average Bonchev–Trinajstić information content (AvgIpc) is 3.24. The smallest absolute Gasteiger partial charge is 0.241 e. The lowest BCUT2D eigenvalue weighted by atomic mass is 10.2. The minimum absolute atomic E-state index is 0.165. The summed E-state index contributed by atoms with van der Waals surface area (Å²) >= 11 is 7.70. The number of hydrogen-bond donors (Lipinski definition) is 1. The maximum absolute atomic E-state index is 13.3. The molecule has 0 bridgehead atoms. The second-order valence-corrected chi connectivity index (χ2v) is 10.8. The molecule has 0 aliphatic carbocycles. The summed E-state index contributed by atoms with van der Waals surface area (Å²) in [6.07, 6.45) is 0. The Morgan fingerprint density at radius 1 is 1.06 bits per heavy atom. The summed E-state index contributed by atoms with van der Waals surface area (Å²) in [6.45, 7) is 3.65. The quantitative estimate of drug-likeness (QED) is 0.304. The van der Waals surface area contributed by atoms with E-state index in [4.69, 9.17) is 11.6 Å². The van der Waals surface area contributed by atoms with Crippen LogP contribution in [-0.2, 0) is 15.8 Å². The first-order valence-corrected chi connectivity index (χ1v) is 13.3. The van der Waals surface area contributed by atoms with Gasteiger partial charge in [0.2, 0.25) is 10.0 Å². The third-order valence-corrected chi connectivity index (χ3v) is 7.92. The SMILES string of the molecule is Cc1ccc(Cl)cc1-n1c(SCc2ccc(F)cc2)nnc1C(C)NS(=O)(=O)c1ccccc1. The molecule has 0 radical (unpaired) electrons. The molecule has 0 aliphatic rings. The number of nitrogens with zero attached hydrogens (tertiary/aromatic N) is 3. The van der Waals surface area contributed by atoms with Crippen LogP contribution in [0, 0.1) is 12.7 Å². The number of aryl methyl sites for hydroxylation is 1. The zero-order valence-electron chi connectivity index (χ0n) is 18.4. The number of halogens is 2. The maximum atomic E-state index is 13.3. The van der Waals surface area contributed by atoms with Gasteiger partial charge in [-0.1, -0.05) is 59.8 Å². The van der Waals surface area contributed by atoms with Crippen molar-refractivity contribution in [2.45, 2.75) is 35.7 Å². The molecule has 3 aromatic carbocycles.